The van der Waals surface area contributed by atoms with Gasteiger partial charge in [-0.1, -0.05) is 56.3 Å². The van der Waals surface area contributed by atoms with Gasteiger partial charge in [0.05, 0.1) is 18.6 Å². The number of ether oxygens (including phenoxy) is 1. The monoisotopic (exact) mass is 693 g/mol. The average Bonchev–Trinajstić information content (AvgIpc) is 3.10. The second kappa shape index (κ2) is 21.0. The van der Waals surface area contributed by atoms with Crippen molar-refractivity contribution in [2.45, 2.75) is 64.1 Å². The van der Waals surface area contributed by atoms with E-state index >= 15 is 0 Å². The molecule has 0 spiro atoms. The van der Waals surface area contributed by atoms with E-state index in [4.69, 9.17) is 16.2 Å². The Morgan fingerprint density at radius 2 is 1.66 bits per heavy atom. The number of carbonyl (C=O) groups is 5. The quantitative estimate of drug-likeness (QED) is 0.0887. The zero-order valence-corrected chi connectivity index (χ0v) is 28.9. The molecule has 15 heteroatoms. The summed E-state index contributed by atoms with van der Waals surface area (Å²) in [7, 11) is 0. The van der Waals surface area contributed by atoms with Gasteiger partial charge in [-0.05, 0) is 50.0 Å². The van der Waals surface area contributed by atoms with Crippen LogP contribution in [-0.2, 0) is 25.6 Å². The van der Waals surface area contributed by atoms with Crippen LogP contribution in [0.2, 0.25) is 0 Å². The Bertz CT molecular complexity index is 1450. The number of benzene rings is 2. The number of rotatable bonds is 12. The normalized spacial score (nSPS) is 19.3. The highest BCUT2D eigenvalue weighted by Crippen LogP contribution is 2.19. The van der Waals surface area contributed by atoms with E-state index < -0.39 is 54.1 Å². The Kier molecular flexibility index (Phi) is 16.5. The van der Waals surface area contributed by atoms with E-state index in [0.29, 0.717) is 25.9 Å². The fraction of sp³-hybridized carbons (Fsp3) is 0.486. The van der Waals surface area contributed by atoms with Crippen LogP contribution in [0.25, 0.3) is 0 Å². The molecule has 15 nitrogen and oxygen atoms in total. The van der Waals surface area contributed by atoms with Gasteiger partial charge >= 0.3 is 0 Å². The van der Waals surface area contributed by atoms with E-state index in [0.717, 1.165) is 18.7 Å². The molecule has 9 N–H and O–H groups in total. The molecule has 272 valence electrons. The molecule has 0 saturated carbocycles. The number of hydrogen-bond donors (Lipinski definition) is 7. The van der Waals surface area contributed by atoms with E-state index in [9.17, 15) is 24.0 Å². The van der Waals surface area contributed by atoms with Gasteiger partial charge in [0, 0.05) is 32.6 Å². The summed E-state index contributed by atoms with van der Waals surface area (Å²) in [5.41, 5.74) is 11.9. The number of nitrogens with two attached hydrogens (primary N) is 2. The molecule has 2 aromatic rings. The van der Waals surface area contributed by atoms with E-state index in [1.807, 2.05) is 44.2 Å². The molecule has 5 amide bonds. The average molecular weight is 694 g/mol. The third-order valence-electron chi connectivity index (χ3n) is 8.16. The van der Waals surface area contributed by atoms with Crippen LogP contribution in [-0.4, -0.2) is 104 Å². The van der Waals surface area contributed by atoms with Crippen LogP contribution in [0, 0.1) is 0 Å². The molecule has 3 atom stereocenters. The molecule has 2 aromatic carbocycles. The molecular formula is C35H51N9O6. The molecule has 0 saturated heterocycles. The van der Waals surface area contributed by atoms with Crippen molar-refractivity contribution in [3.8, 4) is 5.75 Å². The summed E-state index contributed by atoms with van der Waals surface area (Å²) >= 11 is 0. The second-order valence-corrected chi connectivity index (χ2v) is 11.9. The zero-order chi connectivity index (χ0) is 36.3. The van der Waals surface area contributed by atoms with Crippen molar-refractivity contribution in [3.05, 3.63) is 65.7 Å². The Morgan fingerprint density at radius 1 is 0.940 bits per heavy atom. The minimum Gasteiger partial charge on any atom is -0.493 e. The first-order valence-electron chi connectivity index (χ1n) is 17.1. The molecule has 1 aliphatic heterocycles. The molecule has 0 unspecified atom stereocenters. The molecular weight excluding hydrogens is 642 g/mol. The Hall–Kier alpha value is -5.18. The number of guanidine groups is 1. The molecule has 0 fully saturated rings. The number of nitrogens with one attached hydrogen (secondary N) is 5. The van der Waals surface area contributed by atoms with E-state index in [-0.39, 0.29) is 49.8 Å². The minimum absolute atomic E-state index is 0.111. The molecule has 0 radical (unpaired) electrons. The largest absolute Gasteiger partial charge is 0.493 e. The maximum Gasteiger partial charge on any atom is 0.255 e. The Morgan fingerprint density at radius 3 is 2.38 bits per heavy atom. The lowest BCUT2D eigenvalue weighted by atomic mass is 10.0. The predicted molar refractivity (Wildman–Crippen MR) is 190 cm³/mol. The molecule has 1 aliphatic rings. The van der Waals surface area contributed by atoms with E-state index in [2.05, 4.69) is 36.5 Å². The first kappa shape index (κ1) is 39.3. The second-order valence-electron chi connectivity index (χ2n) is 11.9. The van der Waals surface area contributed by atoms with Gasteiger partial charge in [0.2, 0.25) is 23.6 Å². The molecule has 3 rings (SSSR count). The Balaban J connectivity index is 1.91. The molecule has 0 bridgehead atoms. The highest BCUT2D eigenvalue weighted by atomic mass is 16.5. The summed E-state index contributed by atoms with van der Waals surface area (Å²) in [5, 5.41) is 13.9. The summed E-state index contributed by atoms with van der Waals surface area (Å²) in [4.78, 5) is 73.7. The topological polar surface area (TPSA) is 222 Å². The highest BCUT2D eigenvalue weighted by molar-refractivity contribution is 6.01. The lowest BCUT2D eigenvalue weighted by Crippen LogP contribution is -2.56. The number of fused-ring (bicyclic) bond motifs is 1. The van der Waals surface area contributed by atoms with Crippen molar-refractivity contribution in [3.63, 3.8) is 0 Å². The van der Waals surface area contributed by atoms with Crippen molar-refractivity contribution in [2.75, 3.05) is 45.9 Å². The minimum atomic E-state index is -1.27. The van der Waals surface area contributed by atoms with Crippen molar-refractivity contribution in [1.82, 2.24) is 31.5 Å². The van der Waals surface area contributed by atoms with Crippen LogP contribution >= 0.6 is 0 Å². The smallest absolute Gasteiger partial charge is 0.255 e. The maximum atomic E-state index is 13.7. The van der Waals surface area contributed by atoms with Crippen LogP contribution in [0.3, 0.4) is 0 Å². The molecule has 0 aromatic heterocycles. The summed E-state index contributed by atoms with van der Waals surface area (Å²) in [6.45, 7) is 7.12. The lowest BCUT2D eigenvalue weighted by Gasteiger charge is -2.25. The molecule has 50 heavy (non-hydrogen) atoms. The Labute approximate surface area is 293 Å². The van der Waals surface area contributed by atoms with Crippen LogP contribution in [0.4, 0.5) is 0 Å². The fourth-order valence-electron chi connectivity index (χ4n) is 5.36. The maximum absolute atomic E-state index is 13.7. The zero-order valence-electron chi connectivity index (χ0n) is 28.9. The third kappa shape index (κ3) is 13.4. The van der Waals surface area contributed by atoms with Crippen LogP contribution in [0.15, 0.2) is 59.6 Å². The van der Waals surface area contributed by atoms with Gasteiger partial charge in [-0.15, -0.1) is 0 Å². The summed E-state index contributed by atoms with van der Waals surface area (Å²) in [5.74, 6) is -2.65. The van der Waals surface area contributed by atoms with E-state index in [1.54, 1.807) is 24.3 Å². The lowest BCUT2D eigenvalue weighted by molar-refractivity contribution is -0.133. The van der Waals surface area contributed by atoms with Gasteiger partial charge in [-0.25, -0.2) is 0 Å². The number of nitrogens with zero attached hydrogens (tertiary/aromatic N) is 2. The SMILES string of the molecule is CCN(CC)CCNC(=O)[C@@H]1CC(=O)N[C@@H](CCCN=C(N)N)C(=O)N[C@@H](Cc2ccccc2)C(=O)NCCCOc2ccccc2C(=O)N1. The van der Waals surface area contributed by atoms with Crippen LogP contribution in [0.1, 0.15) is 55.5 Å². The van der Waals surface area contributed by atoms with Crippen LogP contribution in [0.5, 0.6) is 5.75 Å². The van der Waals surface area contributed by atoms with Gasteiger partial charge in [-0.2, -0.15) is 0 Å². The number of hydrogen-bond acceptors (Lipinski definition) is 8. The summed E-state index contributed by atoms with van der Waals surface area (Å²) in [6, 6.07) is 12.5. The van der Waals surface area contributed by atoms with E-state index in [1.165, 1.54) is 0 Å². The van der Waals surface area contributed by atoms with Crippen LogP contribution < -0.4 is 42.8 Å². The van der Waals surface area contributed by atoms with Crippen molar-refractivity contribution < 1.29 is 28.7 Å². The van der Waals surface area contributed by atoms with Gasteiger partial charge in [0.1, 0.15) is 23.9 Å². The van der Waals surface area contributed by atoms with Crippen molar-refractivity contribution >= 4 is 35.5 Å². The van der Waals surface area contributed by atoms with Gasteiger partial charge in [-0.3, -0.25) is 29.0 Å². The molecule has 0 aliphatic carbocycles. The molecule has 1 heterocycles. The standard InChI is InChI=1S/C35H51N9O6/c1-3-44(4-2)20-19-39-33(48)28-23-30(45)41-26(15-10-17-40-35(36)37)34(49)43-27(22-24-12-6-5-7-13-24)32(47)38-18-11-21-50-29-16-9-8-14-25(29)31(46)42-28/h5-9,12-14,16,26-28H,3-4,10-11,15,17-23H2,1-2H3,(H,38,47)(H,39,48)(H,41,45)(H,42,46)(H,43,49)(H4,36,37,40)/t26-,27-,28-/m0/s1. The number of carbonyl (C=O) groups excluding carboxylic acids is 5. The first-order chi connectivity index (χ1) is 24.1. The number of amides is 5. The number of para-hydroxylation sites is 1. The van der Waals surface area contributed by atoms with Gasteiger partial charge in [0.25, 0.3) is 5.91 Å². The summed E-state index contributed by atoms with van der Waals surface area (Å²) in [6.07, 6.45) is 0.616. The van der Waals surface area contributed by atoms with Crippen molar-refractivity contribution in [2.24, 2.45) is 16.5 Å². The highest BCUT2D eigenvalue weighted by Gasteiger charge is 2.30. The first-order valence-corrected chi connectivity index (χ1v) is 17.1. The summed E-state index contributed by atoms with van der Waals surface area (Å²) < 4.78 is 5.89. The van der Waals surface area contributed by atoms with Crippen molar-refractivity contribution in [1.29, 1.82) is 0 Å². The number of aliphatic imine (C=N–C) groups is 1. The fourth-order valence-corrected chi connectivity index (χ4v) is 5.36. The number of likely N-dealkylation sites (N-methyl/N-ethyl adjacent to an activating group) is 1. The van der Waals surface area contributed by atoms with Gasteiger partial charge < -0.3 is 47.7 Å². The van der Waals surface area contributed by atoms with Gasteiger partial charge in [0.15, 0.2) is 5.96 Å². The third-order valence-corrected chi connectivity index (χ3v) is 8.16. The predicted octanol–water partition coefficient (Wildman–Crippen LogP) is -0.202.